The first-order valence-corrected chi connectivity index (χ1v) is 7.23. The molecule has 0 aliphatic carbocycles. The zero-order valence-electron chi connectivity index (χ0n) is 11.6. The highest BCUT2D eigenvalue weighted by Crippen LogP contribution is 2.15. The van der Waals surface area contributed by atoms with Crippen LogP contribution in [0.25, 0.3) is 5.57 Å². The molecule has 0 amide bonds. The molecule has 1 heteroatoms. The first-order valence-electron chi connectivity index (χ1n) is 7.23. The van der Waals surface area contributed by atoms with Gasteiger partial charge in [0.15, 0.2) is 0 Å². The maximum atomic E-state index is 4.02. The predicted molar refractivity (Wildman–Crippen MR) is 79.8 cm³/mol. The fraction of sp³-hybridized carbons (Fsp3) is 0.529. The van der Waals surface area contributed by atoms with Crippen LogP contribution in [0.15, 0.2) is 30.8 Å². The molecule has 2 rings (SSSR count). The minimum atomic E-state index is 1.16. The maximum Gasteiger partial charge on any atom is 0.00218 e. The van der Waals surface area contributed by atoms with Crippen molar-refractivity contribution in [3.63, 3.8) is 0 Å². The van der Waals surface area contributed by atoms with Crippen molar-refractivity contribution in [3.8, 4) is 0 Å². The molecule has 0 spiro atoms. The Balaban J connectivity index is 1.88. The molecule has 1 nitrogen and oxygen atoms in total. The summed E-state index contributed by atoms with van der Waals surface area (Å²) in [6.07, 6.45) is 6.77. The van der Waals surface area contributed by atoms with Gasteiger partial charge in [0.1, 0.15) is 0 Å². The lowest BCUT2D eigenvalue weighted by atomic mass is 10.0. The molecule has 1 heterocycles. The second kappa shape index (κ2) is 6.75. The van der Waals surface area contributed by atoms with Crippen LogP contribution in [0.4, 0.5) is 0 Å². The van der Waals surface area contributed by atoms with E-state index in [1.807, 2.05) is 0 Å². The minimum absolute atomic E-state index is 1.16. The lowest BCUT2D eigenvalue weighted by molar-refractivity contribution is 0.289. The van der Waals surface area contributed by atoms with Gasteiger partial charge >= 0.3 is 0 Å². The fourth-order valence-corrected chi connectivity index (χ4v) is 2.64. The fourth-order valence-electron chi connectivity index (χ4n) is 2.64. The van der Waals surface area contributed by atoms with E-state index in [9.17, 15) is 0 Å². The van der Waals surface area contributed by atoms with Gasteiger partial charge in [0, 0.05) is 6.54 Å². The van der Waals surface area contributed by atoms with E-state index in [4.69, 9.17) is 0 Å². The van der Waals surface area contributed by atoms with E-state index in [0.29, 0.717) is 0 Å². The van der Waals surface area contributed by atoms with Crippen LogP contribution in [0.5, 0.6) is 0 Å². The van der Waals surface area contributed by atoms with E-state index in [1.54, 1.807) is 0 Å². The molecule has 0 saturated carbocycles. The second-order valence-electron chi connectivity index (χ2n) is 5.49. The molecule has 1 aliphatic rings. The third kappa shape index (κ3) is 3.99. The van der Waals surface area contributed by atoms with E-state index in [2.05, 4.69) is 42.7 Å². The largest absolute Gasteiger partial charge is 0.303 e. The normalized spacial score (nSPS) is 17.4. The van der Waals surface area contributed by atoms with Crippen molar-refractivity contribution < 1.29 is 0 Å². The lowest BCUT2D eigenvalue weighted by Crippen LogP contribution is -2.26. The summed E-state index contributed by atoms with van der Waals surface area (Å²) in [4.78, 5) is 2.63. The molecule has 0 aromatic heterocycles. The Labute approximate surface area is 112 Å². The van der Waals surface area contributed by atoms with Crippen molar-refractivity contribution in [1.29, 1.82) is 0 Å². The lowest BCUT2D eigenvalue weighted by Gasteiger charge is -2.19. The molecule has 0 radical (unpaired) electrons. The summed E-state index contributed by atoms with van der Waals surface area (Å²) >= 11 is 0. The average molecular weight is 243 g/mol. The summed E-state index contributed by atoms with van der Waals surface area (Å²) in [6.45, 7) is 9.89. The molecule has 1 saturated heterocycles. The number of allylic oxidation sites excluding steroid dienone is 1. The van der Waals surface area contributed by atoms with Crippen LogP contribution in [0.1, 0.15) is 43.7 Å². The SMILES string of the molecule is C=C(C)c1cccc(CCN2CCCCCC2)c1. The number of hydrogen-bond donors (Lipinski definition) is 0. The molecule has 18 heavy (non-hydrogen) atoms. The quantitative estimate of drug-likeness (QED) is 0.768. The van der Waals surface area contributed by atoms with Gasteiger partial charge in [-0.3, -0.25) is 0 Å². The highest BCUT2D eigenvalue weighted by atomic mass is 15.1. The molecule has 1 fully saturated rings. The number of hydrogen-bond acceptors (Lipinski definition) is 1. The Morgan fingerprint density at radius 2 is 1.89 bits per heavy atom. The van der Waals surface area contributed by atoms with Gasteiger partial charge in [-0.05, 0) is 50.4 Å². The van der Waals surface area contributed by atoms with E-state index in [1.165, 1.54) is 62.9 Å². The Kier molecular flexibility index (Phi) is 5.00. The van der Waals surface area contributed by atoms with E-state index in [0.717, 1.165) is 5.57 Å². The van der Waals surface area contributed by atoms with Crippen LogP contribution in [0, 0.1) is 0 Å². The molecule has 98 valence electrons. The van der Waals surface area contributed by atoms with Crippen molar-refractivity contribution in [2.24, 2.45) is 0 Å². The molecule has 0 bridgehead atoms. The highest BCUT2D eigenvalue weighted by Gasteiger charge is 2.08. The molecule has 1 aromatic carbocycles. The smallest absolute Gasteiger partial charge is 0.00218 e. The Morgan fingerprint density at radius 1 is 1.17 bits per heavy atom. The zero-order valence-corrected chi connectivity index (χ0v) is 11.6. The van der Waals surface area contributed by atoms with Gasteiger partial charge in [0.2, 0.25) is 0 Å². The summed E-state index contributed by atoms with van der Waals surface area (Å²) in [5.74, 6) is 0. The number of nitrogens with zero attached hydrogens (tertiary/aromatic N) is 1. The maximum absolute atomic E-state index is 4.02. The van der Waals surface area contributed by atoms with Gasteiger partial charge in [-0.2, -0.15) is 0 Å². The first-order chi connectivity index (χ1) is 8.75. The Bertz CT molecular complexity index is 386. The summed E-state index contributed by atoms with van der Waals surface area (Å²) < 4.78 is 0. The van der Waals surface area contributed by atoms with Crippen molar-refractivity contribution >= 4 is 5.57 Å². The van der Waals surface area contributed by atoms with Gasteiger partial charge in [-0.25, -0.2) is 0 Å². The number of rotatable bonds is 4. The molecule has 1 aliphatic heterocycles. The standard InChI is InChI=1S/C17H25N/c1-15(2)17-9-7-8-16(14-17)10-13-18-11-5-3-4-6-12-18/h7-9,14H,1,3-6,10-13H2,2H3. The van der Waals surface area contributed by atoms with Crippen LogP contribution >= 0.6 is 0 Å². The Morgan fingerprint density at radius 3 is 2.56 bits per heavy atom. The van der Waals surface area contributed by atoms with Crippen LogP contribution in [0.3, 0.4) is 0 Å². The summed E-state index contributed by atoms with van der Waals surface area (Å²) in [6, 6.07) is 8.84. The number of benzene rings is 1. The molecular weight excluding hydrogens is 218 g/mol. The first kappa shape index (κ1) is 13.4. The highest BCUT2D eigenvalue weighted by molar-refractivity contribution is 5.61. The molecule has 1 aromatic rings. The van der Waals surface area contributed by atoms with Crippen LogP contribution in [0.2, 0.25) is 0 Å². The summed E-state index contributed by atoms with van der Waals surface area (Å²) in [5, 5.41) is 0. The molecular formula is C17H25N. The minimum Gasteiger partial charge on any atom is -0.303 e. The topological polar surface area (TPSA) is 3.24 Å². The predicted octanol–water partition coefficient (Wildman–Crippen LogP) is 4.14. The van der Waals surface area contributed by atoms with E-state index in [-0.39, 0.29) is 0 Å². The molecule has 0 unspecified atom stereocenters. The van der Waals surface area contributed by atoms with Crippen LogP contribution in [-0.4, -0.2) is 24.5 Å². The average Bonchev–Trinajstić information content (AvgIpc) is 2.65. The van der Waals surface area contributed by atoms with Gasteiger partial charge in [0.05, 0.1) is 0 Å². The van der Waals surface area contributed by atoms with Gasteiger partial charge in [-0.15, -0.1) is 0 Å². The van der Waals surface area contributed by atoms with Gasteiger partial charge in [-0.1, -0.05) is 49.3 Å². The van der Waals surface area contributed by atoms with Crippen LogP contribution in [-0.2, 0) is 6.42 Å². The second-order valence-corrected chi connectivity index (χ2v) is 5.49. The van der Waals surface area contributed by atoms with Crippen molar-refractivity contribution in [2.75, 3.05) is 19.6 Å². The Hall–Kier alpha value is -1.08. The number of likely N-dealkylation sites (tertiary alicyclic amines) is 1. The van der Waals surface area contributed by atoms with E-state index >= 15 is 0 Å². The van der Waals surface area contributed by atoms with Crippen molar-refractivity contribution in [2.45, 2.75) is 39.0 Å². The summed E-state index contributed by atoms with van der Waals surface area (Å²) in [7, 11) is 0. The molecule has 0 atom stereocenters. The zero-order chi connectivity index (χ0) is 12.8. The molecule has 0 N–H and O–H groups in total. The van der Waals surface area contributed by atoms with Crippen LogP contribution < -0.4 is 0 Å². The monoisotopic (exact) mass is 243 g/mol. The van der Waals surface area contributed by atoms with Crippen molar-refractivity contribution in [3.05, 3.63) is 42.0 Å². The third-order valence-corrected chi connectivity index (χ3v) is 3.84. The summed E-state index contributed by atoms with van der Waals surface area (Å²) in [5.41, 5.74) is 3.88. The van der Waals surface area contributed by atoms with Gasteiger partial charge < -0.3 is 4.90 Å². The van der Waals surface area contributed by atoms with Crippen molar-refractivity contribution in [1.82, 2.24) is 4.90 Å². The third-order valence-electron chi connectivity index (χ3n) is 3.84. The van der Waals surface area contributed by atoms with Gasteiger partial charge in [0.25, 0.3) is 0 Å². The van der Waals surface area contributed by atoms with E-state index < -0.39 is 0 Å².